The molecule has 0 spiro atoms. The van der Waals surface area contributed by atoms with Gasteiger partial charge in [-0.15, -0.1) is 0 Å². The summed E-state index contributed by atoms with van der Waals surface area (Å²) in [6, 6.07) is 5.41. The lowest BCUT2D eigenvalue weighted by atomic mass is 10.1. The van der Waals surface area contributed by atoms with Crippen molar-refractivity contribution in [2.24, 2.45) is 0 Å². The molecule has 17 heavy (non-hydrogen) atoms. The fraction of sp³-hybridized carbons (Fsp3) is 0.538. The Bertz CT molecular complexity index is 357. The zero-order chi connectivity index (χ0) is 12.8. The summed E-state index contributed by atoms with van der Waals surface area (Å²) >= 11 is 9.39. The van der Waals surface area contributed by atoms with Crippen molar-refractivity contribution in [1.29, 1.82) is 0 Å². The van der Waals surface area contributed by atoms with Crippen LogP contribution in [0, 0.1) is 5.82 Å². The fourth-order valence-corrected chi connectivity index (χ4v) is 2.11. The quantitative estimate of drug-likeness (QED) is 0.698. The molecule has 0 saturated carbocycles. The maximum atomic E-state index is 13.3. The van der Waals surface area contributed by atoms with E-state index in [0.717, 1.165) is 23.9 Å². The highest BCUT2D eigenvalue weighted by atomic mass is 79.9. The van der Waals surface area contributed by atoms with E-state index in [9.17, 15) is 4.39 Å². The number of hydrogen-bond donors (Lipinski definition) is 0. The summed E-state index contributed by atoms with van der Waals surface area (Å²) in [5, 5.41) is 1.23. The maximum Gasteiger partial charge on any atom is 0.142 e. The smallest absolute Gasteiger partial charge is 0.142 e. The molecular weight excluding hydrogens is 305 g/mol. The molecule has 0 aromatic heterocycles. The van der Waals surface area contributed by atoms with Gasteiger partial charge in [0.05, 0.1) is 5.02 Å². The van der Waals surface area contributed by atoms with Gasteiger partial charge in [0, 0.05) is 17.9 Å². The number of benzene rings is 1. The lowest BCUT2D eigenvalue weighted by molar-refractivity contribution is 0.214. The predicted molar refractivity (Wildman–Crippen MR) is 75.4 cm³/mol. The zero-order valence-electron chi connectivity index (χ0n) is 10.2. The first-order chi connectivity index (χ1) is 8.06. The maximum absolute atomic E-state index is 13.3. The zero-order valence-corrected chi connectivity index (χ0v) is 12.6. The number of halogens is 3. The number of nitrogens with zero attached hydrogens (tertiary/aromatic N) is 1. The molecule has 0 unspecified atom stereocenters. The molecule has 1 rings (SSSR count). The third-order valence-corrected chi connectivity index (χ3v) is 3.70. The van der Waals surface area contributed by atoms with Crippen molar-refractivity contribution >= 4 is 27.5 Å². The van der Waals surface area contributed by atoms with E-state index in [1.807, 2.05) is 6.07 Å². The Morgan fingerprint density at radius 3 is 2.71 bits per heavy atom. The lowest BCUT2D eigenvalue weighted by Crippen LogP contribution is -2.31. The summed E-state index contributed by atoms with van der Waals surface area (Å²) in [6.45, 7) is 5.96. The van der Waals surface area contributed by atoms with Gasteiger partial charge in [-0.25, -0.2) is 4.39 Å². The van der Waals surface area contributed by atoms with Gasteiger partial charge in [-0.1, -0.05) is 39.7 Å². The number of rotatable bonds is 6. The van der Waals surface area contributed by atoms with E-state index in [-0.39, 0.29) is 10.8 Å². The lowest BCUT2D eigenvalue weighted by Gasteiger charge is -2.26. The molecule has 0 aliphatic carbocycles. The van der Waals surface area contributed by atoms with Crippen LogP contribution in [0.2, 0.25) is 5.02 Å². The molecule has 0 aliphatic rings. The van der Waals surface area contributed by atoms with Crippen LogP contribution in [0.25, 0.3) is 0 Å². The topological polar surface area (TPSA) is 3.24 Å². The van der Waals surface area contributed by atoms with Crippen molar-refractivity contribution < 1.29 is 4.39 Å². The molecule has 0 radical (unpaired) electrons. The SMILES string of the molecule is CC(C)N(CCCBr)Cc1cccc(F)c1Cl. The molecule has 1 aromatic rings. The molecule has 0 saturated heterocycles. The Morgan fingerprint density at radius 1 is 1.41 bits per heavy atom. The fourth-order valence-electron chi connectivity index (χ4n) is 1.67. The van der Waals surface area contributed by atoms with Gasteiger partial charge in [0.2, 0.25) is 0 Å². The van der Waals surface area contributed by atoms with Crippen LogP contribution in [0.1, 0.15) is 25.8 Å². The van der Waals surface area contributed by atoms with E-state index >= 15 is 0 Å². The van der Waals surface area contributed by atoms with Gasteiger partial charge >= 0.3 is 0 Å². The van der Waals surface area contributed by atoms with Gasteiger partial charge in [0.25, 0.3) is 0 Å². The van der Waals surface area contributed by atoms with E-state index in [1.165, 1.54) is 6.07 Å². The van der Waals surface area contributed by atoms with Gasteiger partial charge in [0.1, 0.15) is 5.82 Å². The summed E-state index contributed by atoms with van der Waals surface area (Å²) < 4.78 is 13.3. The first kappa shape index (κ1) is 14.9. The third-order valence-electron chi connectivity index (χ3n) is 2.71. The second-order valence-electron chi connectivity index (χ2n) is 4.32. The molecule has 1 aromatic carbocycles. The Balaban J connectivity index is 2.75. The normalized spacial score (nSPS) is 11.5. The Kier molecular flexibility index (Phi) is 6.45. The molecule has 0 aliphatic heterocycles. The van der Waals surface area contributed by atoms with Crippen LogP contribution in [0.3, 0.4) is 0 Å². The van der Waals surface area contributed by atoms with Gasteiger partial charge < -0.3 is 0 Å². The Hall–Kier alpha value is -0.120. The molecule has 0 amide bonds. The average molecular weight is 323 g/mol. The van der Waals surface area contributed by atoms with Crippen LogP contribution in [-0.2, 0) is 6.54 Å². The highest BCUT2D eigenvalue weighted by Crippen LogP contribution is 2.22. The molecule has 1 nitrogen and oxygen atoms in total. The second kappa shape index (κ2) is 7.34. The van der Waals surface area contributed by atoms with E-state index < -0.39 is 0 Å². The van der Waals surface area contributed by atoms with Gasteiger partial charge in [-0.3, -0.25) is 4.90 Å². The van der Waals surface area contributed by atoms with E-state index in [0.29, 0.717) is 12.6 Å². The van der Waals surface area contributed by atoms with Crippen molar-refractivity contribution in [1.82, 2.24) is 4.90 Å². The molecular formula is C13H18BrClFN. The van der Waals surface area contributed by atoms with Gasteiger partial charge in [0.15, 0.2) is 0 Å². The average Bonchev–Trinajstić information content (AvgIpc) is 2.29. The summed E-state index contributed by atoms with van der Waals surface area (Å²) in [5.41, 5.74) is 0.856. The van der Waals surface area contributed by atoms with Crippen LogP contribution in [0.5, 0.6) is 0 Å². The van der Waals surface area contributed by atoms with Crippen LogP contribution >= 0.6 is 27.5 Å². The summed E-state index contributed by atoms with van der Waals surface area (Å²) in [5.74, 6) is -0.339. The van der Waals surface area contributed by atoms with Crippen LogP contribution in [-0.4, -0.2) is 22.8 Å². The molecule has 0 atom stereocenters. The van der Waals surface area contributed by atoms with Crippen LogP contribution < -0.4 is 0 Å². The van der Waals surface area contributed by atoms with Gasteiger partial charge in [-0.2, -0.15) is 0 Å². The summed E-state index contributed by atoms with van der Waals surface area (Å²) in [7, 11) is 0. The standard InChI is InChI=1S/C13H18BrClFN/c1-10(2)17(8-4-7-14)9-11-5-3-6-12(16)13(11)15/h3,5-6,10H,4,7-9H2,1-2H3. The van der Waals surface area contributed by atoms with Crippen LogP contribution in [0.15, 0.2) is 18.2 Å². The predicted octanol–water partition coefficient (Wildman–Crippen LogP) is 4.47. The highest BCUT2D eigenvalue weighted by molar-refractivity contribution is 9.09. The van der Waals surface area contributed by atoms with Crippen molar-refractivity contribution in [2.75, 3.05) is 11.9 Å². The Labute approximate surface area is 116 Å². The van der Waals surface area contributed by atoms with Crippen LogP contribution in [0.4, 0.5) is 4.39 Å². The molecule has 96 valence electrons. The summed E-state index contributed by atoms with van der Waals surface area (Å²) in [4.78, 5) is 2.29. The van der Waals surface area contributed by atoms with Crippen molar-refractivity contribution in [3.8, 4) is 0 Å². The minimum absolute atomic E-state index is 0.247. The van der Waals surface area contributed by atoms with Gasteiger partial charge in [-0.05, 0) is 38.4 Å². The molecule has 0 N–H and O–H groups in total. The third kappa shape index (κ3) is 4.57. The monoisotopic (exact) mass is 321 g/mol. The van der Waals surface area contributed by atoms with E-state index in [1.54, 1.807) is 6.07 Å². The molecule has 0 heterocycles. The second-order valence-corrected chi connectivity index (χ2v) is 5.49. The van der Waals surface area contributed by atoms with Crippen molar-refractivity contribution in [2.45, 2.75) is 32.9 Å². The first-order valence-electron chi connectivity index (χ1n) is 5.79. The first-order valence-corrected chi connectivity index (χ1v) is 7.29. The van der Waals surface area contributed by atoms with E-state index in [2.05, 4.69) is 34.7 Å². The molecule has 0 bridgehead atoms. The summed E-state index contributed by atoms with van der Waals surface area (Å²) in [6.07, 6.45) is 1.07. The van der Waals surface area contributed by atoms with Crippen molar-refractivity contribution in [3.63, 3.8) is 0 Å². The molecule has 0 fully saturated rings. The minimum atomic E-state index is -0.339. The number of hydrogen-bond acceptors (Lipinski definition) is 1. The number of alkyl halides is 1. The molecule has 4 heteroatoms. The van der Waals surface area contributed by atoms with Crippen molar-refractivity contribution in [3.05, 3.63) is 34.6 Å². The van der Waals surface area contributed by atoms with E-state index in [4.69, 9.17) is 11.6 Å². The highest BCUT2D eigenvalue weighted by Gasteiger charge is 2.13. The minimum Gasteiger partial charge on any atom is -0.297 e. The Morgan fingerprint density at radius 2 is 2.12 bits per heavy atom. The largest absolute Gasteiger partial charge is 0.297 e.